The molecule has 0 radical (unpaired) electrons. The second kappa shape index (κ2) is 4.77. The summed E-state index contributed by atoms with van der Waals surface area (Å²) in [5.41, 5.74) is 2.61. The number of halogens is 2. The lowest BCUT2D eigenvalue weighted by Crippen LogP contribution is -2.08. The second-order valence-electron chi connectivity index (χ2n) is 3.12. The van der Waals surface area contributed by atoms with Gasteiger partial charge in [-0.2, -0.15) is 0 Å². The SMILES string of the molecule is Clc1ccc2c(c1)CCN(SI)C=C2. The highest BCUT2D eigenvalue weighted by molar-refractivity contribution is 14.2. The van der Waals surface area contributed by atoms with Gasteiger partial charge in [0.2, 0.25) is 0 Å². The molecule has 0 atom stereocenters. The molecular formula is C10H9ClINS. The van der Waals surface area contributed by atoms with E-state index in [0.717, 1.165) is 18.0 Å². The van der Waals surface area contributed by atoms with Crippen molar-refractivity contribution in [2.45, 2.75) is 6.42 Å². The van der Waals surface area contributed by atoms with E-state index < -0.39 is 0 Å². The van der Waals surface area contributed by atoms with Crippen LogP contribution in [0.3, 0.4) is 0 Å². The van der Waals surface area contributed by atoms with Crippen molar-refractivity contribution in [2.24, 2.45) is 0 Å². The van der Waals surface area contributed by atoms with E-state index in [0.29, 0.717) is 0 Å². The Labute approximate surface area is 105 Å². The summed E-state index contributed by atoms with van der Waals surface area (Å²) in [5, 5.41) is 0.827. The van der Waals surface area contributed by atoms with Crippen LogP contribution in [0, 0.1) is 0 Å². The lowest BCUT2D eigenvalue weighted by molar-refractivity contribution is 0.633. The standard InChI is InChI=1S/C10H9ClINS/c11-10-2-1-8-3-5-13(14-12)6-4-9(8)7-10/h1-3,5,7H,4,6H2. The van der Waals surface area contributed by atoms with E-state index in [1.807, 2.05) is 6.07 Å². The molecule has 0 saturated heterocycles. The number of hydrogen-bond donors (Lipinski definition) is 0. The van der Waals surface area contributed by atoms with Gasteiger partial charge in [0.1, 0.15) is 0 Å². The first-order valence-corrected chi connectivity index (χ1v) is 8.01. The molecule has 0 saturated carbocycles. The third-order valence-corrected chi connectivity index (χ3v) is 4.45. The van der Waals surface area contributed by atoms with Gasteiger partial charge in [0.15, 0.2) is 0 Å². The first kappa shape index (κ1) is 10.6. The summed E-state index contributed by atoms with van der Waals surface area (Å²) < 4.78 is 2.22. The van der Waals surface area contributed by atoms with Crippen LogP contribution >= 0.6 is 41.9 Å². The maximum Gasteiger partial charge on any atom is 0.0409 e. The molecule has 4 heteroatoms. The fraction of sp³-hybridized carbons (Fsp3) is 0.200. The first-order valence-electron chi connectivity index (χ1n) is 4.31. The lowest BCUT2D eigenvalue weighted by Gasteiger charge is -2.12. The number of rotatable bonds is 1. The third-order valence-electron chi connectivity index (χ3n) is 2.22. The van der Waals surface area contributed by atoms with Gasteiger partial charge in [-0.05, 0) is 35.8 Å². The van der Waals surface area contributed by atoms with Crippen molar-refractivity contribution in [3.8, 4) is 0 Å². The van der Waals surface area contributed by atoms with Gasteiger partial charge in [0, 0.05) is 48.1 Å². The van der Waals surface area contributed by atoms with Crippen LogP contribution in [0.15, 0.2) is 24.4 Å². The molecule has 0 aliphatic carbocycles. The largest absolute Gasteiger partial charge is 0.314 e. The number of benzene rings is 1. The van der Waals surface area contributed by atoms with E-state index in [9.17, 15) is 0 Å². The molecule has 1 aliphatic heterocycles. The van der Waals surface area contributed by atoms with Crippen LogP contribution in [0.2, 0.25) is 5.02 Å². The Morgan fingerprint density at radius 3 is 3.07 bits per heavy atom. The highest BCUT2D eigenvalue weighted by atomic mass is 127. The summed E-state index contributed by atoms with van der Waals surface area (Å²) >= 11 is 8.25. The predicted octanol–water partition coefficient (Wildman–Crippen LogP) is 4.17. The fourth-order valence-electron chi connectivity index (χ4n) is 1.48. The van der Waals surface area contributed by atoms with Crippen molar-refractivity contribution < 1.29 is 0 Å². The average molecular weight is 338 g/mol. The van der Waals surface area contributed by atoms with Crippen molar-refractivity contribution in [3.63, 3.8) is 0 Å². The van der Waals surface area contributed by atoms with Crippen LogP contribution in [0.4, 0.5) is 0 Å². The van der Waals surface area contributed by atoms with E-state index in [2.05, 4.69) is 49.9 Å². The summed E-state index contributed by atoms with van der Waals surface area (Å²) in [5.74, 6) is 0. The molecular weight excluding hydrogens is 329 g/mol. The Morgan fingerprint density at radius 1 is 1.43 bits per heavy atom. The summed E-state index contributed by atoms with van der Waals surface area (Å²) in [7, 11) is 1.72. The normalized spacial score (nSPS) is 15.1. The molecule has 1 aromatic carbocycles. The highest BCUT2D eigenvalue weighted by Gasteiger charge is 2.08. The summed E-state index contributed by atoms with van der Waals surface area (Å²) in [4.78, 5) is 0. The quantitative estimate of drug-likeness (QED) is 0.559. The third kappa shape index (κ3) is 2.38. The van der Waals surface area contributed by atoms with Gasteiger partial charge >= 0.3 is 0 Å². The van der Waals surface area contributed by atoms with Crippen LogP contribution in [0.25, 0.3) is 6.08 Å². The van der Waals surface area contributed by atoms with Gasteiger partial charge in [-0.25, -0.2) is 0 Å². The van der Waals surface area contributed by atoms with Crippen LogP contribution < -0.4 is 0 Å². The summed E-state index contributed by atoms with van der Waals surface area (Å²) in [6.07, 6.45) is 5.32. The lowest BCUT2D eigenvalue weighted by atomic mass is 10.1. The smallest absolute Gasteiger partial charge is 0.0409 e. The molecule has 0 bridgehead atoms. The highest BCUT2D eigenvalue weighted by Crippen LogP contribution is 2.26. The number of nitrogens with zero attached hydrogens (tertiary/aromatic N) is 1. The summed E-state index contributed by atoms with van der Waals surface area (Å²) in [6, 6.07) is 6.08. The maximum absolute atomic E-state index is 5.96. The molecule has 1 nitrogen and oxygen atoms in total. The topological polar surface area (TPSA) is 3.24 Å². The van der Waals surface area contributed by atoms with Crippen molar-refractivity contribution in [3.05, 3.63) is 40.5 Å². The minimum Gasteiger partial charge on any atom is -0.314 e. The van der Waals surface area contributed by atoms with Gasteiger partial charge in [0.25, 0.3) is 0 Å². The monoisotopic (exact) mass is 337 g/mol. The number of hydrogen-bond acceptors (Lipinski definition) is 2. The van der Waals surface area contributed by atoms with E-state index in [4.69, 9.17) is 11.6 Å². The Balaban J connectivity index is 2.31. The van der Waals surface area contributed by atoms with Gasteiger partial charge in [-0.1, -0.05) is 17.7 Å². The Kier molecular flexibility index (Phi) is 3.62. The molecule has 2 rings (SSSR count). The minimum atomic E-state index is 0.827. The van der Waals surface area contributed by atoms with Crippen LogP contribution in [0.1, 0.15) is 11.1 Å². The van der Waals surface area contributed by atoms with Gasteiger partial charge in [-0.3, -0.25) is 0 Å². The van der Waals surface area contributed by atoms with Crippen LogP contribution in [0.5, 0.6) is 0 Å². The number of fused-ring (bicyclic) bond motifs is 1. The zero-order valence-electron chi connectivity index (χ0n) is 7.41. The van der Waals surface area contributed by atoms with Crippen molar-refractivity contribution in [2.75, 3.05) is 6.54 Å². The van der Waals surface area contributed by atoms with E-state index in [1.54, 1.807) is 9.12 Å². The Bertz CT molecular complexity index is 367. The molecule has 1 heterocycles. The average Bonchev–Trinajstić information content (AvgIpc) is 2.39. The minimum absolute atomic E-state index is 0.827. The van der Waals surface area contributed by atoms with E-state index in [1.165, 1.54) is 11.1 Å². The molecule has 0 aromatic heterocycles. The first-order chi connectivity index (χ1) is 6.79. The molecule has 1 aromatic rings. The van der Waals surface area contributed by atoms with Gasteiger partial charge < -0.3 is 4.31 Å². The van der Waals surface area contributed by atoms with Gasteiger partial charge in [-0.15, -0.1) is 0 Å². The Hall–Kier alpha value is 0.130. The van der Waals surface area contributed by atoms with E-state index >= 15 is 0 Å². The predicted molar refractivity (Wildman–Crippen MR) is 72.5 cm³/mol. The van der Waals surface area contributed by atoms with Crippen molar-refractivity contribution in [1.29, 1.82) is 0 Å². The molecule has 0 amide bonds. The van der Waals surface area contributed by atoms with E-state index in [-0.39, 0.29) is 0 Å². The molecule has 1 aliphatic rings. The second-order valence-corrected chi connectivity index (χ2v) is 5.34. The maximum atomic E-state index is 5.96. The fourth-order valence-corrected chi connectivity index (χ4v) is 2.93. The van der Waals surface area contributed by atoms with Gasteiger partial charge in [0.05, 0.1) is 0 Å². The summed E-state index contributed by atoms with van der Waals surface area (Å²) in [6.45, 7) is 1.04. The molecule has 14 heavy (non-hydrogen) atoms. The molecule has 74 valence electrons. The molecule has 0 spiro atoms. The molecule has 0 fully saturated rings. The van der Waals surface area contributed by atoms with Crippen molar-refractivity contribution >= 4 is 48.0 Å². The zero-order chi connectivity index (χ0) is 9.97. The van der Waals surface area contributed by atoms with Crippen LogP contribution in [-0.2, 0) is 6.42 Å². The van der Waals surface area contributed by atoms with Crippen LogP contribution in [-0.4, -0.2) is 10.8 Å². The zero-order valence-corrected chi connectivity index (χ0v) is 11.1. The van der Waals surface area contributed by atoms with Crippen molar-refractivity contribution in [1.82, 2.24) is 4.31 Å². The molecule has 0 N–H and O–H groups in total. The molecule has 0 unspecified atom stereocenters. The Morgan fingerprint density at radius 2 is 2.29 bits per heavy atom.